The molecule has 0 saturated heterocycles. The fourth-order valence-electron chi connectivity index (χ4n) is 2.03. The number of nitrogens with zero attached hydrogens (tertiary/aromatic N) is 3. The van der Waals surface area contributed by atoms with E-state index in [9.17, 15) is 5.26 Å². The van der Waals surface area contributed by atoms with Crippen LogP contribution >= 0.6 is 23.1 Å². The number of anilines is 1. The lowest BCUT2D eigenvalue weighted by atomic mass is 10.1. The molecule has 0 fully saturated rings. The molecule has 0 aliphatic rings. The largest absolute Gasteiger partial charge is 0.368 e. The Morgan fingerprint density at radius 3 is 2.85 bits per heavy atom. The topological polar surface area (TPSA) is 39.9 Å². The number of rotatable bonds is 5. The van der Waals surface area contributed by atoms with Crippen LogP contribution in [0.25, 0.3) is 0 Å². The van der Waals surface area contributed by atoms with E-state index in [1.54, 1.807) is 23.1 Å². The van der Waals surface area contributed by atoms with E-state index in [0.717, 1.165) is 39.1 Å². The molecule has 5 heteroatoms. The molecular weight excluding hydrogens is 286 g/mol. The molecule has 20 heavy (non-hydrogen) atoms. The third kappa shape index (κ3) is 3.33. The van der Waals surface area contributed by atoms with Crippen molar-refractivity contribution in [3.05, 3.63) is 39.8 Å². The zero-order chi connectivity index (χ0) is 14.5. The average molecular weight is 303 g/mol. The fraction of sp³-hybridized carbons (Fsp3) is 0.333. The van der Waals surface area contributed by atoms with Crippen LogP contribution in [0.1, 0.15) is 23.2 Å². The van der Waals surface area contributed by atoms with Gasteiger partial charge in [0.05, 0.1) is 28.5 Å². The molecule has 0 bridgehead atoms. The molecule has 0 N–H and O–H groups in total. The molecule has 0 aliphatic heterocycles. The first-order valence-electron chi connectivity index (χ1n) is 6.43. The Morgan fingerprint density at radius 1 is 1.45 bits per heavy atom. The summed E-state index contributed by atoms with van der Waals surface area (Å²) in [6.07, 6.45) is 0. The molecule has 104 valence electrons. The predicted octanol–water partition coefficient (Wildman–Crippen LogP) is 4.07. The van der Waals surface area contributed by atoms with E-state index in [0.29, 0.717) is 0 Å². The fourth-order valence-corrected chi connectivity index (χ4v) is 3.42. The monoisotopic (exact) mass is 303 g/mol. The van der Waals surface area contributed by atoms with Crippen LogP contribution in [0.15, 0.2) is 28.5 Å². The minimum absolute atomic E-state index is 0.721. The van der Waals surface area contributed by atoms with Crippen LogP contribution in [-0.2, 0) is 6.54 Å². The molecule has 1 aromatic heterocycles. The molecule has 1 aromatic carbocycles. The lowest BCUT2D eigenvalue weighted by Crippen LogP contribution is -2.18. The maximum atomic E-state index is 9.44. The van der Waals surface area contributed by atoms with Gasteiger partial charge in [0.25, 0.3) is 0 Å². The Balaban J connectivity index is 2.27. The highest BCUT2D eigenvalue weighted by Gasteiger charge is 2.13. The van der Waals surface area contributed by atoms with Crippen molar-refractivity contribution in [3.63, 3.8) is 0 Å². The average Bonchev–Trinajstić information content (AvgIpc) is 2.84. The number of thioether (sulfide) groups is 1. The number of benzene rings is 1. The highest BCUT2D eigenvalue weighted by Crippen LogP contribution is 2.30. The molecule has 0 aliphatic carbocycles. The first kappa shape index (κ1) is 14.9. The Kier molecular flexibility index (Phi) is 5.05. The van der Waals surface area contributed by atoms with Crippen LogP contribution in [0, 0.1) is 18.3 Å². The van der Waals surface area contributed by atoms with Crippen LogP contribution in [0.4, 0.5) is 5.69 Å². The van der Waals surface area contributed by atoms with Crippen LogP contribution in [0.3, 0.4) is 0 Å². The zero-order valence-electron chi connectivity index (χ0n) is 11.9. The Hall–Kier alpha value is -1.51. The van der Waals surface area contributed by atoms with Crippen LogP contribution in [-0.4, -0.2) is 17.8 Å². The van der Waals surface area contributed by atoms with Crippen molar-refractivity contribution in [3.8, 4) is 6.07 Å². The summed E-state index contributed by atoms with van der Waals surface area (Å²) in [6, 6.07) is 8.36. The van der Waals surface area contributed by atoms with Gasteiger partial charge in [0.15, 0.2) is 0 Å². The van der Waals surface area contributed by atoms with Crippen molar-refractivity contribution in [1.29, 1.82) is 5.26 Å². The second-order valence-electron chi connectivity index (χ2n) is 4.41. The van der Waals surface area contributed by atoms with Gasteiger partial charge in [-0.3, -0.25) is 0 Å². The van der Waals surface area contributed by atoms with Crippen molar-refractivity contribution in [2.75, 3.05) is 17.7 Å². The predicted molar refractivity (Wildman–Crippen MR) is 86.5 cm³/mol. The van der Waals surface area contributed by atoms with E-state index in [4.69, 9.17) is 0 Å². The van der Waals surface area contributed by atoms with E-state index in [-0.39, 0.29) is 0 Å². The van der Waals surface area contributed by atoms with E-state index >= 15 is 0 Å². The van der Waals surface area contributed by atoms with E-state index < -0.39 is 0 Å². The van der Waals surface area contributed by atoms with Crippen molar-refractivity contribution < 1.29 is 0 Å². The number of nitriles is 1. The summed E-state index contributed by atoms with van der Waals surface area (Å²) in [5.74, 6) is 0.965. The van der Waals surface area contributed by atoms with Gasteiger partial charge in [-0.05, 0) is 24.8 Å². The van der Waals surface area contributed by atoms with Crippen molar-refractivity contribution in [2.24, 2.45) is 0 Å². The number of aromatic nitrogens is 1. The Morgan fingerprint density at radius 2 is 2.25 bits per heavy atom. The molecular formula is C15H17N3S2. The summed E-state index contributed by atoms with van der Waals surface area (Å²) in [5, 5.41) is 12.6. The van der Waals surface area contributed by atoms with Gasteiger partial charge in [0, 0.05) is 17.3 Å². The summed E-state index contributed by atoms with van der Waals surface area (Å²) >= 11 is 3.36. The van der Waals surface area contributed by atoms with Gasteiger partial charge in [-0.2, -0.15) is 5.26 Å². The van der Waals surface area contributed by atoms with Crippen molar-refractivity contribution in [2.45, 2.75) is 25.3 Å². The summed E-state index contributed by atoms with van der Waals surface area (Å²) < 4.78 is 0. The second-order valence-corrected chi connectivity index (χ2v) is 6.78. The molecule has 0 unspecified atom stereocenters. The summed E-state index contributed by atoms with van der Waals surface area (Å²) in [4.78, 5) is 7.62. The van der Waals surface area contributed by atoms with Gasteiger partial charge in [-0.25, -0.2) is 4.98 Å². The number of hydrogen-bond donors (Lipinski definition) is 0. The normalized spacial score (nSPS) is 10.3. The first-order chi connectivity index (χ1) is 9.65. The van der Waals surface area contributed by atoms with Gasteiger partial charge in [-0.15, -0.1) is 23.1 Å². The maximum Gasteiger partial charge on any atom is 0.103 e. The number of aryl methyl sites for hydroxylation is 1. The third-order valence-corrected chi connectivity index (χ3v) is 4.66. The van der Waals surface area contributed by atoms with Gasteiger partial charge in [0.2, 0.25) is 0 Å². The minimum atomic E-state index is 0.721. The molecule has 0 spiro atoms. The molecule has 2 rings (SSSR count). The molecule has 0 atom stereocenters. The summed E-state index contributed by atoms with van der Waals surface area (Å²) in [6.45, 7) is 4.83. The Bertz CT molecular complexity index is 628. The standard InChI is InChI=1S/C15H17N3S2/c1-4-19-15-7-5-6-14(13(15)8-16)18(3)9-12-10-20-11(2)17-12/h5-7,10H,4,9H2,1-3H3. The SMILES string of the molecule is CCSc1cccc(N(C)Cc2csc(C)n2)c1C#N. The van der Waals surface area contributed by atoms with Gasteiger partial charge >= 0.3 is 0 Å². The van der Waals surface area contributed by atoms with Crippen molar-refractivity contribution >= 4 is 28.8 Å². The van der Waals surface area contributed by atoms with Gasteiger partial charge < -0.3 is 4.90 Å². The number of thiazole rings is 1. The number of hydrogen-bond acceptors (Lipinski definition) is 5. The molecule has 0 saturated carbocycles. The summed E-state index contributed by atoms with van der Waals surface area (Å²) in [5.41, 5.74) is 2.78. The van der Waals surface area contributed by atoms with Crippen LogP contribution in [0.5, 0.6) is 0 Å². The zero-order valence-corrected chi connectivity index (χ0v) is 13.5. The lowest BCUT2D eigenvalue weighted by Gasteiger charge is -2.20. The smallest absolute Gasteiger partial charge is 0.103 e. The molecule has 3 nitrogen and oxygen atoms in total. The van der Waals surface area contributed by atoms with Crippen LogP contribution < -0.4 is 4.90 Å². The van der Waals surface area contributed by atoms with Gasteiger partial charge in [0.1, 0.15) is 6.07 Å². The van der Waals surface area contributed by atoms with Crippen LogP contribution in [0.2, 0.25) is 0 Å². The summed E-state index contributed by atoms with van der Waals surface area (Å²) in [7, 11) is 2.01. The highest BCUT2D eigenvalue weighted by molar-refractivity contribution is 7.99. The second kappa shape index (κ2) is 6.78. The van der Waals surface area contributed by atoms with E-state index in [1.165, 1.54) is 0 Å². The maximum absolute atomic E-state index is 9.44. The van der Waals surface area contributed by atoms with E-state index in [2.05, 4.69) is 28.3 Å². The lowest BCUT2D eigenvalue weighted by molar-refractivity contribution is 0.886. The molecule has 0 amide bonds. The molecule has 0 radical (unpaired) electrons. The minimum Gasteiger partial charge on any atom is -0.368 e. The third-order valence-electron chi connectivity index (χ3n) is 2.89. The molecule has 1 heterocycles. The van der Waals surface area contributed by atoms with E-state index in [1.807, 2.05) is 32.2 Å². The van der Waals surface area contributed by atoms with Gasteiger partial charge in [-0.1, -0.05) is 13.0 Å². The Labute approximate surface area is 128 Å². The quantitative estimate of drug-likeness (QED) is 0.781. The highest BCUT2D eigenvalue weighted by atomic mass is 32.2. The molecule has 2 aromatic rings. The first-order valence-corrected chi connectivity index (χ1v) is 8.30. The van der Waals surface area contributed by atoms with Crippen molar-refractivity contribution in [1.82, 2.24) is 4.98 Å².